The highest BCUT2D eigenvalue weighted by atomic mass is 16.8. The fraction of sp³-hybridized carbons (Fsp3) is 0.933. The van der Waals surface area contributed by atoms with Crippen LogP contribution in [0.4, 0.5) is 0 Å². The predicted molar refractivity (Wildman–Crippen MR) is 67.3 cm³/mol. The quantitative estimate of drug-likeness (QED) is 0.631. The minimum absolute atomic E-state index is 0.00267. The lowest BCUT2D eigenvalue weighted by Gasteiger charge is -2.35. The third-order valence-corrected chi connectivity index (χ3v) is 5.98. The molecule has 4 rings (SSSR count). The van der Waals surface area contributed by atoms with Crippen molar-refractivity contribution in [1.29, 1.82) is 0 Å². The van der Waals surface area contributed by atoms with Crippen LogP contribution in [0.15, 0.2) is 0 Å². The Morgan fingerprint density at radius 1 is 1.21 bits per heavy atom. The predicted octanol–water partition coefficient (Wildman–Crippen LogP) is 2.26. The van der Waals surface area contributed by atoms with Gasteiger partial charge in [-0.05, 0) is 32.1 Å². The number of rotatable bonds is 0. The maximum atomic E-state index is 11.8. The zero-order valence-corrected chi connectivity index (χ0v) is 11.8. The summed E-state index contributed by atoms with van der Waals surface area (Å²) in [7, 11) is 0. The second-order valence-corrected chi connectivity index (χ2v) is 7.10. The molecule has 2 bridgehead atoms. The molecule has 4 heteroatoms. The molecule has 3 aliphatic heterocycles. The Morgan fingerprint density at radius 2 is 2.00 bits per heavy atom. The van der Waals surface area contributed by atoms with Crippen molar-refractivity contribution in [2.45, 2.75) is 70.1 Å². The Morgan fingerprint density at radius 3 is 2.74 bits per heavy atom. The van der Waals surface area contributed by atoms with Gasteiger partial charge in [0.2, 0.25) is 0 Å². The molecule has 4 fully saturated rings. The van der Waals surface area contributed by atoms with Crippen LogP contribution < -0.4 is 0 Å². The molecule has 7 atom stereocenters. The summed E-state index contributed by atoms with van der Waals surface area (Å²) in [6, 6.07) is 0. The average molecular weight is 266 g/mol. The normalized spacial score (nSPS) is 59.5. The summed E-state index contributed by atoms with van der Waals surface area (Å²) in [5, 5.41) is 0. The Balaban J connectivity index is 1.69. The molecule has 3 saturated heterocycles. The SMILES string of the molecule is CC1C(=O)OC2CC(C)C34CCC(C)(OC3CC21)O4. The number of carbonyl (C=O) groups excluding carboxylic acids is 1. The van der Waals surface area contributed by atoms with Crippen LogP contribution in [0.25, 0.3) is 0 Å². The van der Waals surface area contributed by atoms with Crippen LogP contribution in [-0.2, 0) is 19.0 Å². The fourth-order valence-corrected chi connectivity index (χ4v) is 4.76. The van der Waals surface area contributed by atoms with E-state index in [4.69, 9.17) is 14.2 Å². The van der Waals surface area contributed by atoms with Gasteiger partial charge in [-0.25, -0.2) is 0 Å². The second kappa shape index (κ2) is 3.53. The van der Waals surface area contributed by atoms with Crippen LogP contribution >= 0.6 is 0 Å². The highest BCUT2D eigenvalue weighted by Crippen LogP contribution is 2.58. The Bertz CT molecular complexity index is 436. The summed E-state index contributed by atoms with van der Waals surface area (Å²) >= 11 is 0. The standard InChI is InChI=1S/C15H22O4/c1-8-6-11-10(9(2)13(16)17-11)7-12-15(8)5-4-14(3,18-12)19-15/h8-12H,4-7H2,1-3H3. The third-order valence-electron chi connectivity index (χ3n) is 5.98. The summed E-state index contributed by atoms with van der Waals surface area (Å²) in [6.07, 6.45) is 4.08. The summed E-state index contributed by atoms with van der Waals surface area (Å²) < 4.78 is 18.1. The van der Waals surface area contributed by atoms with Gasteiger partial charge in [0.05, 0.1) is 12.0 Å². The first-order chi connectivity index (χ1) is 8.93. The maximum Gasteiger partial charge on any atom is 0.309 e. The number of hydrogen-bond acceptors (Lipinski definition) is 4. The van der Waals surface area contributed by atoms with E-state index in [1.807, 2.05) is 6.92 Å². The number of carbonyl (C=O) groups is 1. The van der Waals surface area contributed by atoms with Crippen LogP contribution in [-0.4, -0.2) is 29.6 Å². The van der Waals surface area contributed by atoms with E-state index in [2.05, 4.69) is 13.8 Å². The zero-order valence-electron chi connectivity index (χ0n) is 11.8. The van der Waals surface area contributed by atoms with Crippen LogP contribution in [0.3, 0.4) is 0 Å². The summed E-state index contributed by atoms with van der Waals surface area (Å²) in [4.78, 5) is 11.8. The molecule has 7 unspecified atom stereocenters. The van der Waals surface area contributed by atoms with E-state index in [1.165, 1.54) is 0 Å². The molecule has 1 saturated carbocycles. The monoisotopic (exact) mass is 266 g/mol. The average Bonchev–Trinajstić information content (AvgIpc) is 2.90. The van der Waals surface area contributed by atoms with Gasteiger partial charge in [0.1, 0.15) is 11.7 Å². The Kier molecular flexibility index (Phi) is 2.26. The lowest BCUT2D eigenvalue weighted by molar-refractivity contribution is -0.156. The van der Waals surface area contributed by atoms with Crippen molar-refractivity contribution in [3.8, 4) is 0 Å². The summed E-state index contributed by atoms with van der Waals surface area (Å²) in [6.45, 7) is 6.28. The van der Waals surface area contributed by atoms with Crippen molar-refractivity contribution in [1.82, 2.24) is 0 Å². The van der Waals surface area contributed by atoms with Crippen LogP contribution in [0, 0.1) is 17.8 Å². The van der Waals surface area contributed by atoms with Crippen LogP contribution in [0.2, 0.25) is 0 Å². The van der Waals surface area contributed by atoms with E-state index in [1.54, 1.807) is 0 Å². The smallest absolute Gasteiger partial charge is 0.309 e. The highest BCUT2D eigenvalue weighted by molar-refractivity contribution is 5.74. The van der Waals surface area contributed by atoms with E-state index in [-0.39, 0.29) is 29.7 Å². The molecule has 4 aliphatic rings. The van der Waals surface area contributed by atoms with E-state index in [0.29, 0.717) is 11.8 Å². The minimum Gasteiger partial charge on any atom is -0.462 e. The first kappa shape index (κ1) is 12.2. The summed E-state index contributed by atoms with van der Waals surface area (Å²) in [5.74, 6) is 0.260. The van der Waals surface area contributed by atoms with Crippen molar-refractivity contribution < 1.29 is 19.0 Å². The molecular formula is C15H22O4. The van der Waals surface area contributed by atoms with Gasteiger partial charge in [-0.15, -0.1) is 0 Å². The molecule has 0 amide bonds. The fourth-order valence-electron chi connectivity index (χ4n) is 4.76. The molecular weight excluding hydrogens is 244 g/mol. The van der Waals surface area contributed by atoms with Gasteiger partial charge in [-0.1, -0.05) is 13.8 Å². The minimum atomic E-state index is -0.390. The van der Waals surface area contributed by atoms with Crippen LogP contribution in [0.1, 0.15) is 46.5 Å². The molecule has 0 aromatic carbocycles. The van der Waals surface area contributed by atoms with Gasteiger partial charge < -0.3 is 14.2 Å². The van der Waals surface area contributed by atoms with Crippen molar-refractivity contribution in [2.75, 3.05) is 0 Å². The first-order valence-electron chi connectivity index (χ1n) is 7.52. The zero-order chi connectivity index (χ0) is 13.4. The van der Waals surface area contributed by atoms with Gasteiger partial charge in [0.15, 0.2) is 5.79 Å². The van der Waals surface area contributed by atoms with Gasteiger partial charge in [0.25, 0.3) is 0 Å². The largest absolute Gasteiger partial charge is 0.462 e. The number of esters is 1. The van der Waals surface area contributed by atoms with Crippen molar-refractivity contribution >= 4 is 5.97 Å². The Labute approximate surface area is 113 Å². The number of fused-ring (bicyclic) bond motifs is 2. The van der Waals surface area contributed by atoms with E-state index >= 15 is 0 Å². The second-order valence-electron chi connectivity index (χ2n) is 7.10. The topological polar surface area (TPSA) is 44.8 Å². The molecule has 19 heavy (non-hydrogen) atoms. The number of hydrogen-bond donors (Lipinski definition) is 0. The third kappa shape index (κ3) is 1.44. The number of ether oxygens (including phenoxy) is 3. The van der Waals surface area contributed by atoms with Crippen molar-refractivity contribution in [3.63, 3.8) is 0 Å². The molecule has 1 aliphatic carbocycles. The molecule has 106 valence electrons. The van der Waals surface area contributed by atoms with Crippen molar-refractivity contribution in [2.24, 2.45) is 17.8 Å². The molecule has 1 spiro atoms. The lowest BCUT2D eigenvalue weighted by Crippen LogP contribution is -2.45. The molecule has 3 heterocycles. The van der Waals surface area contributed by atoms with Crippen molar-refractivity contribution in [3.05, 3.63) is 0 Å². The van der Waals surface area contributed by atoms with Gasteiger partial charge in [-0.3, -0.25) is 4.79 Å². The maximum absolute atomic E-state index is 11.8. The highest BCUT2D eigenvalue weighted by Gasteiger charge is 2.65. The van der Waals surface area contributed by atoms with Gasteiger partial charge >= 0.3 is 5.97 Å². The molecule has 0 N–H and O–H groups in total. The lowest BCUT2D eigenvalue weighted by atomic mass is 9.78. The molecule has 4 nitrogen and oxygen atoms in total. The van der Waals surface area contributed by atoms with Gasteiger partial charge in [-0.2, -0.15) is 0 Å². The Hall–Kier alpha value is -0.610. The first-order valence-corrected chi connectivity index (χ1v) is 7.52. The molecule has 0 aromatic heterocycles. The van der Waals surface area contributed by atoms with E-state index < -0.39 is 5.79 Å². The van der Waals surface area contributed by atoms with E-state index in [9.17, 15) is 4.79 Å². The molecule has 0 radical (unpaired) electrons. The summed E-state index contributed by atoms with van der Waals surface area (Å²) in [5.41, 5.74) is -0.134. The van der Waals surface area contributed by atoms with Gasteiger partial charge in [0, 0.05) is 12.3 Å². The molecule has 0 aromatic rings. The van der Waals surface area contributed by atoms with Crippen LogP contribution in [0.5, 0.6) is 0 Å². The van der Waals surface area contributed by atoms with E-state index in [0.717, 1.165) is 25.7 Å².